The zero-order valence-corrected chi connectivity index (χ0v) is 14.0. The van der Waals surface area contributed by atoms with Crippen molar-refractivity contribution in [2.75, 3.05) is 27.4 Å². The number of methoxy groups -OCH3 is 1. The van der Waals surface area contributed by atoms with E-state index in [0.29, 0.717) is 32.7 Å². The van der Waals surface area contributed by atoms with Crippen molar-refractivity contribution in [3.8, 4) is 5.75 Å². The predicted octanol–water partition coefficient (Wildman–Crippen LogP) is 1.13. The number of aromatic nitrogens is 3. The minimum atomic E-state index is -0.166. The lowest BCUT2D eigenvalue weighted by molar-refractivity contribution is -0.136. The van der Waals surface area contributed by atoms with Gasteiger partial charge in [-0.2, -0.15) is 0 Å². The van der Waals surface area contributed by atoms with Crippen LogP contribution in [0.2, 0.25) is 0 Å². The number of amides is 1. The van der Waals surface area contributed by atoms with Gasteiger partial charge in [0.25, 0.3) is 0 Å². The summed E-state index contributed by atoms with van der Waals surface area (Å²) in [7, 11) is 3.44. The molecule has 0 spiro atoms. The standard InChI is InChI=1S/C17H22N4O3/c1-20(10-16-19-18-12-21(16)7-8-23-2)17(22)14-9-13-5-3-4-6-15(13)24-11-14/h3-6,12,14H,7-11H2,1-2H3/t14-/m1/s1. The molecule has 1 aliphatic rings. The Bertz CT molecular complexity index is 701. The number of nitrogens with zero attached hydrogens (tertiary/aromatic N) is 4. The Labute approximate surface area is 141 Å². The molecule has 0 radical (unpaired) electrons. The molecule has 7 nitrogen and oxygen atoms in total. The van der Waals surface area contributed by atoms with Crippen molar-refractivity contribution < 1.29 is 14.3 Å². The van der Waals surface area contributed by atoms with Crippen LogP contribution in [0, 0.1) is 5.92 Å². The van der Waals surface area contributed by atoms with Crippen molar-refractivity contribution in [3.63, 3.8) is 0 Å². The van der Waals surface area contributed by atoms with Crippen LogP contribution in [-0.4, -0.2) is 52.9 Å². The summed E-state index contributed by atoms with van der Waals surface area (Å²) in [5.74, 6) is 1.52. The highest BCUT2D eigenvalue weighted by atomic mass is 16.5. The molecule has 0 N–H and O–H groups in total. The number of hydrogen-bond donors (Lipinski definition) is 0. The summed E-state index contributed by atoms with van der Waals surface area (Å²) in [6.07, 6.45) is 2.36. The molecule has 3 rings (SSSR count). The number of carbonyl (C=O) groups is 1. The Morgan fingerprint density at radius 3 is 3.12 bits per heavy atom. The Kier molecular flexibility index (Phi) is 5.10. The lowest BCUT2D eigenvalue weighted by Crippen LogP contribution is -2.38. The second-order valence-electron chi connectivity index (χ2n) is 5.95. The highest BCUT2D eigenvalue weighted by Gasteiger charge is 2.28. The molecule has 1 amide bonds. The lowest BCUT2D eigenvalue weighted by atomic mass is 9.95. The quantitative estimate of drug-likeness (QED) is 0.794. The zero-order chi connectivity index (χ0) is 16.9. The maximum atomic E-state index is 12.7. The van der Waals surface area contributed by atoms with Crippen LogP contribution in [0.4, 0.5) is 0 Å². The first-order valence-corrected chi connectivity index (χ1v) is 8.00. The fourth-order valence-electron chi connectivity index (χ4n) is 2.87. The number of benzene rings is 1. The van der Waals surface area contributed by atoms with E-state index < -0.39 is 0 Å². The molecule has 0 unspecified atom stereocenters. The third-order valence-electron chi connectivity index (χ3n) is 4.22. The van der Waals surface area contributed by atoms with Gasteiger partial charge in [0.1, 0.15) is 18.7 Å². The molecule has 1 aliphatic heterocycles. The van der Waals surface area contributed by atoms with E-state index in [-0.39, 0.29) is 11.8 Å². The van der Waals surface area contributed by atoms with Crippen LogP contribution in [0.3, 0.4) is 0 Å². The molecule has 7 heteroatoms. The number of para-hydroxylation sites is 1. The average Bonchev–Trinajstić information content (AvgIpc) is 3.05. The molecular formula is C17H22N4O3. The van der Waals surface area contributed by atoms with E-state index in [1.807, 2.05) is 28.8 Å². The molecule has 128 valence electrons. The highest BCUT2D eigenvalue weighted by Crippen LogP contribution is 2.27. The van der Waals surface area contributed by atoms with Crippen molar-refractivity contribution in [1.82, 2.24) is 19.7 Å². The van der Waals surface area contributed by atoms with Gasteiger partial charge in [0.05, 0.1) is 19.1 Å². The Hall–Kier alpha value is -2.41. The first kappa shape index (κ1) is 16.4. The van der Waals surface area contributed by atoms with E-state index in [4.69, 9.17) is 9.47 Å². The smallest absolute Gasteiger partial charge is 0.229 e. The predicted molar refractivity (Wildman–Crippen MR) is 87.5 cm³/mol. The van der Waals surface area contributed by atoms with Crippen LogP contribution in [0.25, 0.3) is 0 Å². The van der Waals surface area contributed by atoms with Crippen LogP contribution < -0.4 is 4.74 Å². The van der Waals surface area contributed by atoms with Crippen molar-refractivity contribution in [2.45, 2.75) is 19.5 Å². The van der Waals surface area contributed by atoms with Crippen molar-refractivity contribution in [3.05, 3.63) is 42.0 Å². The normalized spacial score (nSPS) is 16.3. The maximum absolute atomic E-state index is 12.7. The number of rotatable bonds is 6. The topological polar surface area (TPSA) is 69.5 Å². The summed E-state index contributed by atoms with van der Waals surface area (Å²) in [5, 5.41) is 8.03. The minimum Gasteiger partial charge on any atom is -0.492 e. The second-order valence-corrected chi connectivity index (χ2v) is 5.95. The summed E-state index contributed by atoms with van der Waals surface area (Å²) < 4.78 is 12.7. The van der Waals surface area contributed by atoms with Crippen molar-refractivity contribution >= 4 is 5.91 Å². The number of carbonyl (C=O) groups excluding carboxylic acids is 1. The first-order chi connectivity index (χ1) is 11.7. The van der Waals surface area contributed by atoms with E-state index in [0.717, 1.165) is 17.1 Å². The molecule has 0 bridgehead atoms. The van der Waals surface area contributed by atoms with Crippen LogP contribution >= 0.6 is 0 Å². The van der Waals surface area contributed by atoms with Crippen LogP contribution in [0.15, 0.2) is 30.6 Å². The molecule has 0 fully saturated rings. The summed E-state index contributed by atoms with van der Waals surface area (Å²) in [6.45, 7) is 2.08. The van der Waals surface area contributed by atoms with E-state index in [1.54, 1.807) is 25.4 Å². The van der Waals surface area contributed by atoms with Gasteiger partial charge < -0.3 is 18.9 Å². The van der Waals surface area contributed by atoms with Gasteiger partial charge in [0.2, 0.25) is 5.91 Å². The molecule has 2 aromatic rings. The molecule has 1 aromatic heterocycles. The van der Waals surface area contributed by atoms with Crippen molar-refractivity contribution in [2.24, 2.45) is 5.92 Å². The van der Waals surface area contributed by atoms with Crippen LogP contribution in [0.5, 0.6) is 5.75 Å². The third kappa shape index (κ3) is 3.56. The van der Waals surface area contributed by atoms with E-state index >= 15 is 0 Å². The fraction of sp³-hybridized carbons (Fsp3) is 0.471. The van der Waals surface area contributed by atoms with Crippen molar-refractivity contribution in [1.29, 1.82) is 0 Å². The summed E-state index contributed by atoms with van der Waals surface area (Å²) in [5.41, 5.74) is 1.08. The molecule has 1 atom stereocenters. The largest absolute Gasteiger partial charge is 0.492 e. The van der Waals surface area contributed by atoms with Gasteiger partial charge in [0.15, 0.2) is 5.82 Å². The van der Waals surface area contributed by atoms with Gasteiger partial charge in [-0.25, -0.2) is 0 Å². The van der Waals surface area contributed by atoms with Gasteiger partial charge in [-0.15, -0.1) is 10.2 Å². The summed E-state index contributed by atoms with van der Waals surface area (Å²) >= 11 is 0. The SMILES string of the molecule is COCCn1cnnc1CN(C)C(=O)[C@H]1COc2ccccc2C1. The molecule has 0 saturated heterocycles. The molecular weight excluding hydrogens is 308 g/mol. The average molecular weight is 330 g/mol. The summed E-state index contributed by atoms with van der Waals surface area (Å²) in [6, 6.07) is 7.87. The second kappa shape index (κ2) is 7.44. The number of hydrogen-bond acceptors (Lipinski definition) is 5. The van der Waals surface area contributed by atoms with Gasteiger partial charge in [-0.3, -0.25) is 4.79 Å². The Morgan fingerprint density at radius 2 is 2.29 bits per heavy atom. The fourth-order valence-corrected chi connectivity index (χ4v) is 2.87. The van der Waals surface area contributed by atoms with Gasteiger partial charge in [0, 0.05) is 20.7 Å². The van der Waals surface area contributed by atoms with E-state index in [2.05, 4.69) is 10.2 Å². The third-order valence-corrected chi connectivity index (χ3v) is 4.22. The molecule has 0 saturated carbocycles. The van der Waals surface area contributed by atoms with Crippen LogP contribution in [-0.2, 0) is 29.0 Å². The minimum absolute atomic E-state index is 0.0609. The molecule has 24 heavy (non-hydrogen) atoms. The zero-order valence-electron chi connectivity index (χ0n) is 14.0. The van der Waals surface area contributed by atoms with E-state index in [9.17, 15) is 4.79 Å². The first-order valence-electron chi connectivity index (χ1n) is 8.00. The molecule has 2 heterocycles. The number of ether oxygens (including phenoxy) is 2. The Balaban J connectivity index is 1.62. The van der Waals surface area contributed by atoms with Gasteiger partial charge in [-0.05, 0) is 18.1 Å². The van der Waals surface area contributed by atoms with Gasteiger partial charge >= 0.3 is 0 Å². The van der Waals surface area contributed by atoms with Crippen LogP contribution in [0.1, 0.15) is 11.4 Å². The number of fused-ring (bicyclic) bond motifs is 1. The molecule has 1 aromatic carbocycles. The molecule has 0 aliphatic carbocycles. The monoisotopic (exact) mass is 330 g/mol. The van der Waals surface area contributed by atoms with E-state index in [1.165, 1.54) is 0 Å². The lowest BCUT2D eigenvalue weighted by Gasteiger charge is -2.28. The summed E-state index contributed by atoms with van der Waals surface area (Å²) in [4.78, 5) is 14.4. The Morgan fingerprint density at radius 1 is 1.46 bits per heavy atom. The maximum Gasteiger partial charge on any atom is 0.229 e. The highest BCUT2D eigenvalue weighted by molar-refractivity contribution is 5.79. The van der Waals surface area contributed by atoms with Gasteiger partial charge in [-0.1, -0.05) is 18.2 Å².